The minimum atomic E-state index is -3.40. The fraction of sp³-hybridized carbons (Fsp3) is 0.676. The van der Waals surface area contributed by atoms with E-state index in [2.05, 4.69) is 24.5 Å². The topological polar surface area (TPSA) is 130 Å². The van der Waals surface area contributed by atoms with Gasteiger partial charge in [0.15, 0.2) is 11.6 Å². The number of rotatable bonds is 11. The average molecular weight is 702 g/mol. The Bertz CT molecular complexity index is 1580. The molecule has 1 aromatic carbocycles. The van der Waals surface area contributed by atoms with Crippen LogP contribution in [0.3, 0.4) is 0 Å². The summed E-state index contributed by atoms with van der Waals surface area (Å²) in [6.45, 7) is 11.0. The molecule has 1 amide bonds. The van der Waals surface area contributed by atoms with Crippen LogP contribution in [0.5, 0.6) is 11.5 Å². The second kappa shape index (κ2) is 14.3. The van der Waals surface area contributed by atoms with Crippen molar-refractivity contribution in [3.63, 3.8) is 0 Å². The van der Waals surface area contributed by atoms with Gasteiger partial charge in [-0.25, -0.2) is 14.4 Å². The molecule has 1 N–H and O–H groups in total. The van der Waals surface area contributed by atoms with Gasteiger partial charge in [0.1, 0.15) is 17.9 Å². The highest BCUT2D eigenvalue weighted by Crippen LogP contribution is 2.45. The molecule has 0 radical (unpaired) electrons. The third-order valence-corrected chi connectivity index (χ3v) is 12.4. The Balaban J connectivity index is 0.928. The van der Waals surface area contributed by atoms with Crippen LogP contribution in [0, 0.1) is 11.2 Å². The average Bonchev–Trinajstić information content (AvgIpc) is 3.55. The first-order valence-corrected chi connectivity index (χ1v) is 19.1. The fourth-order valence-corrected chi connectivity index (χ4v) is 9.28. The van der Waals surface area contributed by atoms with Crippen molar-refractivity contribution in [3.05, 3.63) is 42.1 Å². The number of carbonyl (C=O) groups is 1. The van der Waals surface area contributed by atoms with Gasteiger partial charge >= 0.3 is 0 Å². The molecular weight excluding hydrogens is 653 g/mol. The highest BCUT2D eigenvalue weighted by atomic mass is 32.2. The standard InChI is InChI=1S/C34H48FN7O6S/c1-24(2)42(27-8-15-46-20-27)33(43)29-16-25(35)4-7-30(29)48-31-17-36-23-37-32(31)40-21-34(22-40)9-13-39(14-10-34)18-28-6-5-26(19-47-28)38-49(44,45)41-11-3-12-41/h4,7,16-17,23-24,26-28,38H,3,5-6,8-15,18-22H2,1-2H3/t26-,27-,28+/m1/s1. The summed E-state index contributed by atoms with van der Waals surface area (Å²) in [5.41, 5.74) is 0.345. The van der Waals surface area contributed by atoms with E-state index in [0.717, 1.165) is 71.2 Å². The fourth-order valence-electron chi connectivity index (χ4n) is 7.78. The van der Waals surface area contributed by atoms with Crippen molar-refractivity contribution in [2.24, 2.45) is 5.41 Å². The number of nitrogens with zero attached hydrogens (tertiary/aromatic N) is 6. The lowest BCUT2D eigenvalue weighted by Gasteiger charge is -2.54. The lowest BCUT2D eigenvalue weighted by atomic mass is 9.72. The van der Waals surface area contributed by atoms with Gasteiger partial charge in [-0.05, 0) is 83.7 Å². The first-order chi connectivity index (χ1) is 23.6. The van der Waals surface area contributed by atoms with Crippen molar-refractivity contribution in [3.8, 4) is 11.5 Å². The molecule has 5 saturated heterocycles. The van der Waals surface area contributed by atoms with Crippen LogP contribution in [0.15, 0.2) is 30.7 Å². The Morgan fingerprint density at radius 2 is 1.92 bits per heavy atom. The van der Waals surface area contributed by atoms with Crippen molar-refractivity contribution in [2.45, 2.75) is 76.6 Å². The van der Waals surface area contributed by atoms with E-state index >= 15 is 0 Å². The van der Waals surface area contributed by atoms with E-state index in [1.807, 2.05) is 13.8 Å². The van der Waals surface area contributed by atoms with Gasteiger partial charge < -0.3 is 28.9 Å². The van der Waals surface area contributed by atoms with Gasteiger partial charge in [0, 0.05) is 56.8 Å². The van der Waals surface area contributed by atoms with Crippen molar-refractivity contribution in [1.82, 2.24) is 28.8 Å². The Hall–Kier alpha value is -2.95. The zero-order valence-corrected chi connectivity index (χ0v) is 29.2. The number of nitrogens with one attached hydrogen (secondary N) is 1. The molecule has 13 nitrogen and oxygen atoms in total. The summed E-state index contributed by atoms with van der Waals surface area (Å²) in [6.07, 6.45) is 8.61. The molecular formula is C34H48FN7O6S. The minimum absolute atomic E-state index is 0.0753. The third-order valence-electron chi connectivity index (χ3n) is 10.7. The van der Waals surface area contributed by atoms with Gasteiger partial charge in [-0.1, -0.05) is 0 Å². The van der Waals surface area contributed by atoms with Gasteiger partial charge in [-0.2, -0.15) is 17.4 Å². The lowest BCUT2D eigenvalue weighted by Crippen LogP contribution is -2.61. The van der Waals surface area contributed by atoms with Crippen LogP contribution in [0.25, 0.3) is 0 Å². The molecule has 3 atom stereocenters. The molecule has 49 heavy (non-hydrogen) atoms. The molecule has 5 aliphatic rings. The quantitative estimate of drug-likeness (QED) is 0.373. The molecule has 5 aliphatic heterocycles. The van der Waals surface area contributed by atoms with Crippen LogP contribution in [0.4, 0.5) is 10.2 Å². The number of hydrogen-bond acceptors (Lipinski definition) is 10. The van der Waals surface area contributed by atoms with Crippen LogP contribution < -0.4 is 14.4 Å². The van der Waals surface area contributed by atoms with E-state index in [4.69, 9.17) is 14.2 Å². The summed E-state index contributed by atoms with van der Waals surface area (Å²) in [7, 11) is -3.40. The summed E-state index contributed by atoms with van der Waals surface area (Å²) in [4.78, 5) is 29.0. The summed E-state index contributed by atoms with van der Waals surface area (Å²) >= 11 is 0. The number of likely N-dealkylation sites (tertiary alicyclic amines) is 1. The molecule has 268 valence electrons. The first kappa shape index (κ1) is 34.5. The van der Waals surface area contributed by atoms with E-state index in [1.165, 1.54) is 28.8 Å². The van der Waals surface area contributed by atoms with E-state index in [1.54, 1.807) is 11.1 Å². The third kappa shape index (κ3) is 7.57. The van der Waals surface area contributed by atoms with Gasteiger partial charge in [-0.3, -0.25) is 4.79 Å². The van der Waals surface area contributed by atoms with E-state index in [9.17, 15) is 17.6 Å². The van der Waals surface area contributed by atoms with Crippen molar-refractivity contribution >= 4 is 21.9 Å². The Morgan fingerprint density at radius 1 is 1.12 bits per heavy atom. The predicted molar refractivity (Wildman–Crippen MR) is 180 cm³/mol. The normalized spacial score (nSPS) is 26.0. The van der Waals surface area contributed by atoms with Crippen LogP contribution in [-0.4, -0.2) is 128 Å². The summed E-state index contributed by atoms with van der Waals surface area (Å²) < 4.78 is 61.6. The van der Waals surface area contributed by atoms with E-state index in [0.29, 0.717) is 44.5 Å². The van der Waals surface area contributed by atoms with Crippen molar-refractivity contribution in [1.29, 1.82) is 0 Å². The first-order valence-electron chi connectivity index (χ1n) is 17.6. The molecule has 7 rings (SSSR count). The highest BCUT2D eigenvalue weighted by Gasteiger charge is 2.46. The Labute approximate surface area is 288 Å². The number of aromatic nitrogens is 2. The lowest BCUT2D eigenvalue weighted by molar-refractivity contribution is -0.0301. The summed E-state index contributed by atoms with van der Waals surface area (Å²) in [5.74, 6) is 0.548. The molecule has 0 saturated carbocycles. The zero-order valence-electron chi connectivity index (χ0n) is 28.4. The van der Waals surface area contributed by atoms with Crippen LogP contribution in [-0.2, 0) is 19.7 Å². The van der Waals surface area contributed by atoms with Gasteiger partial charge in [0.2, 0.25) is 0 Å². The molecule has 0 aliphatic carbocycles. The van der Waals surface area contributed by atoms with Gasteiger partial charge in [0.05, 0.1) is 37.1 Å². The van der Waals surface area contributed by atoms with Gasteiger partial charge in [-0.15, -0.1) is 0 Å². The van der Waals surface area contributed by atoms with Gasteiger partial charge in [0.25, 0.3) is 16.1 Å². The second-order valence-electron chi connectivity index (χ2n) is 14.5. The SMILES string of the molecule is CC(C)N(C(=O)c1cc(F)ccc1Oc1cncnc1N1CC2(CCN(C[C@@H]3CC[C@@H](NS(=O)(=O)N4CCC4)CO3)CC2)C1)[C@@H]1CCOC1. The number of halogens is 1. The largest absolute Gasteiger partial charge is 0.451 e. The Morgan fingerprint density at radius 3 is 2.57 bits per heavy atom. The number of piperidine rings is 1. The maximum atomic E-state index is 14.5. The maximum Gasteiger partial charge on any atom is 0.279 e. The molecule has 0 bridgehead atoms. The minimum Gasteiger partial charge on any atom is -0.451 e. The number of amides is 1. The molecule has 1 spiro atoms. The van der Waals surface area contributed by atoms with Crippen molar-refractivity contribution in [2.75, 3.05) is 70.5 Å². The number of carbonyl (C=O) groups excluding carboxylic acids is 1. The number of ether oxygens (including phenoxy) is 3. The molecule has 1 aromatic heterocycles. The monoisotopic (exact) mass is 701 g/mol. The summed E-state index contributed by atoms with van der Waals surface area (Å²) in [6, 6.07) is 3.70. The maximum absolute atomic E-state index is 14.5. The molecule has 15 heteroatoms. The second-order valence-corrected chi connectivity index (χ2v) is 16.2. The van der Waals surface area contributed by atoms with Crippen LogP contribution in [0.2, 0.25) is 0 Å². The van der Waals surface area contributed by atoms with Crippen molar-refractivity contribution < 1.29 is 31.8 Å². The van der Waals surface area contributed by atoms with Crippen LogP contribution in [0.1, 0.15) is 62.7 Å². The highest BCUT2D eigenvalue weighted by molar-refractivity contribution is 7.87. The molecule has 5 fully saturated rings. The number of anilines is 1. The zero-order chi connectivity index (χ0) is 34.2. The van der Waals surface area contributed by atoms with E-state index in [-0.39, 0.29) is 46.9 Å². The van der Waals surface area contributed by atoms with E-state index < -0.39 is 16.0 Å². The van der Waals surface area contributed by atoms with Crippen LogP contribution >= 0.6 is 0 Å². The molecule has 0 unspecified atom stereocenters. The smallest absolute Gasteiger partial charge is 0.279 e. The number of benzene rings is 1. The molecule has 2 aromatic rings. The Kier molecular flexibility index (Phi) is 10.1. The number of hydrogen-bond donors (Lipinski definition) is 1. The summed E-state index contributed by atoms with van der Waals surface area (Å²) in [5, 5.41) is 0. The predicted octanol–water partition coefficient (Wildman–Crippen LogP) is 3.04. The molecule has 6 heterocycles.